The molecule has 1 fully saturated rings. The van der Waals surface area contributed by atoms with Crippen molar-refractivity contribution in [3.63, 3.8) is 0 Å². The van der Waals surface area contributed by atoms with Crippen LogP contribution in [0.1, 0.15) is 34.6 Å². The SMILES string of the molecule is COC(=O)NC(C(=O)N1CCN(C(=O)OC(C)(C)C)CC1)C(C)C. The molecule has 0 radical (unpaired) electrons. The van der Waals surface area contributed by atoms with Crippen molar-refractivity contribution in [2.24, 2.45) is 5.92 Å². The zero-order valence-corrected chi connectivity index (χ0v) is 15.4. The Kier molecular flexibility index (Phi) is 6.86. The van der Waals surface area contributed by atoms with Gasteiger partial charge in [-0.15, -0.1) is 0 Å². The monoisotopic (exact) mass is 343 g/mol. The number of carbonyl (C=O) groups excluding carboxylic acids is 3. The first-order valence-corrected chi connectivity index (χ1v) is 8.16. The molecule has 1 aliphatic heterocycles. The first-order valence-electron chi connectivity index (χ1n) is 8.16. The summed E-state index contributed by atoms with van der Waals surface area (Å²) in [4.78, 5) is 39.3. The van der Waals surface area contributed by atoms with E-state index in [1.807, 2.05) is 34.6 Å². The van der Waals surface area contributed by atoms with E-state index in [1.165, 1.54) is 7.11 Å². The van der Waals surface area contributed by atoms with Crippen LogP contribution in [-0.4, -0.2) is 72.8 Å². The summed E-state index contributed by atoms with van der Waals surface area (Å²) in [6.45, 7) is 10.8. The van der Waals surface area contributed by atoms with Crippen LogP contribution in [0.3, 0.4) is 0 Å². The van der Waals surface area contributed by atoms with Crippen LogP contribution in [0, 0.1) is 5.92 Å². The Morgan fingerprint density at radius 2 is 1.50 bits per heavy atom. The molecule has 1 heterocycles. The average molecular weight is 343 g/mol. The standard InChI is InChI=1S/C16H29N3O5/c1-11(2)12(17-14(21)23-6)13(20)18-7-9-19(10-8-18)15(22)24-16(3,4)5/h11-12H,7-10H2,1-6H3,(H,17,21). The van der Waals surface area contributed by atoms with Gasteiger partial charge in [-0.2, -0.15) is 0 Å². The van der Waals surface area contributed by atoms with Gasteiger partial charge in [0.1, 0.15) is 11.6 Å². The van der Waals surface area contributed by atoms with E-state index in [2.05, 4.69) is 10.1 Å². The summed E-state index contributed by atoms with van der Waals surface area (Å²) in [6.07, 6.45) is -1.00. The van der Waals surface area contributed by atoms with Crippen LogP contribution < -0.4 is 5.32 Å². The number of amides is 3. The first kappa shape index (κ1) is 20.1. The maximum atomic E-state index is 12.6. The normalized spacial score (nSPS) is 16.6. The molecule has 0 aromatic carbocycles. The Bertz CT molecular complexity index is 465. The second-order valence-corrected chi connectivity index (χ2v) is 7.15. The minimum absolute atomic E-state index is 0.0690. The van der Waals surface area contributed by atoms with E-state index in [9.17, 15) is 14.4 Å². The molecule has 0 bridgehead atoms. The molecule has 1 atom stereocenters. The minimum Gasteiger partial charge on any atom is -0.453 e. The zero-order chi connectivity index (χ0) is 18.5. The van der Waals surface area contributed by atoms with Crippen LogP contribution in [0.25, 0.3) is 0 Å². The molecular weight excluding hydrogens is 314 g/mol. The number of carbonyl (C=O) groups is 3. The summed E-state index contributed by atoms with van der Waals surface area (Å²) in [7, 11) is 1.26. The van der Waals surface area contributed by atoms with Crippen LogP contribution in [0.5, 0.6) is 0 Å². The van der Waals surface area contributed by atoms with E-state index in [1.54, 1.807) is 9.80 Å². The number of rotatable bonds is 3. The fourth-order valence-electron chi connectivity index (χ4n) is 2.33. The second kappa shape index (κ2) is 8.21. The van der Waals surface area contributed by atoms with Gasteiger partial charge in [0.15, 0.2) is 0 Å². The van der Waals surface area contributed by atoms with E-state index in [0.29, 0.717) is 26.2 Å². The molecule has 8 nitrogen and oxygen atoms in total. The summed E-state index contributed by atoms with van der Waals surface area (Å²) in [5.74, 6) is -0.236. The summed E-state index contributed by atoms with van der Waals surface area (Å²) >= 11 is 0. The van der Waals surface area contributed by atoms with Gasteiger partial charge < -0.3 is 24.6 Å². The van der Waals surface area contributed by atoms with E-state index in [-0.39, 0.29) is 17.9 Å². The predicted molar refractivity (Wildman–Crippen MR) is 88.6 cm³/mol. The molecule has 0 spiro atoms. The van der Waals surface area contributed by atoms with Crippen LogP contribution in [-0.2, 0) is 14.3 Å². The highest BCUT2D eigenvalue weighted by molar-refractivity contribution is 5.86. The van der Waals surface area contributed by atoms with Crippen molar-refractivity contribution in [2.45, 2.75) is 46.3 Å². The van der Waals surface area contributed by atoms with Crippen molar-refractivity contribution in [3.05, 3.63) is 0 Å². The van der Waals surface area contributed by atoms with Gasteiger partial charge in [-0.1, -0.05) is 13.8 Å². The lowest BCUT2D eigenvalue weighted by molar-refractivity contribution is -0.136. The Labute approximate surface area is 143 Å². The molecule has 0 aliphatic carbocycles. The second-order valence-electron chi connectivity index (χ2n) is 7.15. The maximum absolute atomic E-state index is 12.6. The molecule has 0 aromatic heterocycles. The Hall–Kier alpha value is -1.99. The van der Waals surface area contributed by atoms with Crippen molar-refractivity contribution in [3.8, 4) is 0 Å². The lowest BCUT2D eigenvalue weighted by Gasteiger charge is -2.37. The lowest BCUT2D eigenvalue weighted by atomic mass is 10.0. The number of methoxy groups -OCH3 is 1. The Balaban J connectivity index is 2.60. The Morgan fingerprint density at radius 1 is 1.00 bits per heavy atom. The molecule has 1 rings (SSSR count). The summed E-state index contributed by atoms with van der Waals surface area (Å²) in [5.41, 5.74) is -0.544. The zero-order valence-electron chi connectivity index (χ0n) is 15.4. The number of alkyl carbamates (subject to hydrolysis) is 1. The third-order valence-corrected chi connectivity index (χ3v) is 3.63. The molecule has 138 valence electrons. The van der Waals surface area contributed by atoms with Gasteiger partial charge in [0, 0.05) is 26.2 Å². The van der Waals surface area contributed by atoms with Crippen LogP contribution in [0.15, 0.2) is 0 Å². The molecule has 8 heteroatoms. The highest BCUT2D eigenvalue weighted by Crippen LogP contribution is 2.14. The van der Waals surface area contributed by atoms with Gasteiger partial charge in [0.05, 0.1) is 7.11 Å². The number of ether oxygens (including phenoxy) is 2. The predicted octanol–water partition coefficient (Wildman–Crippen LogP) is 1.45. The fourth-order valence-corrected chi connectivity index (χ4v) is 2.33. The topological polar surface area (TPSA) is 88.2 Å². The molecule has 0 aromatic rings. The fraction of sp³-hybridized carbons (Fsp3) is 0.812. The van der Waals surface area contributed by atoms with Gasteiger partial charge in [0.25, 0.3) is 0 Å². The van der Waals surface area contributed by atoms with Crippen LogP contribution in [0.2, 0.25) is 0 Å². The third kappa shape index (κ3) is 5.90. The van der Waals surface area contributed by atoms with E-state index >= 15 is 0 Å². The number of hydrogen-bond acceptors (Lipinski definition) is 5. The molecule has 1 aliphatic rings. The number of piperazine rings is 1. The summed E-state index contributed by atoms with van der Waals surface area (Å²) in [5, 5.41) is 2.57. The minimum atomic E-state index is -0.648. The third-order valence-electron chi connectivity index (χ3n) is 3.63. The molecule has 1 saturated heterocycles. The van der Waals surface area contributed by atoms with Gasteiger partial charge in [-0.3, -0.25) is 4.79 Å². The Morgan fingerprint density at radius 3 is 1.92 bits per heavy atom. The maximum Gasteiger partial charge on any atom is 0.410 e. The van der Waals surface area contributed by atoms with E-state index < -0.39 is 17.7 Å². The van der Waals surface area contributed by atoms with Crippen molar-refractivity contribution >= 4 is 18.1 Å². The van der Waals surface area contributed by atoms with E-state index in [4.69, 9.17) is 4.74 Å². The molecule has 0 saturated carbocycles. The van der Waals surface area contributed by atoms with Gasteiger partial charge >= 0.3 is 12.2 Å². The summed E-state index contributed by atoms with van der Waals surface area (Å²) in [6, 6.07) is -0.648. The van der Waals surface area contributed by atoms with Crippen molar-refractivity contribution in [1.82, 2.24) is 15.1 Å². The largest absolute Gasteiger partial charge is 0.453 e. The first-order chi connectivity index (χ1) is 11.0. The quantitative estimate of drug-likeness (QED) is 0.838. The molecule has 1 N–H and O–H groups in total. The highest BCUT2D eigenvalue weighted by atomic mass is 16.6. The average Bonchev–Trinajstić information content (AvgIpc) is 2.49. The number of nitrogens with one attached hydrogen (secondary N) is 1. The van der Waals surface area contributed by atoms with Crippen molar-refractivity contribution < 1.29 is 23.9 Å². The number of hydrogen-bond donors (Lipinski definition) is 1. The molecule has 24 heavy (non-hydrogen) atoms. The smallest absolute Gasteiger partial charge is 0.410 e. The van der Waals surface area contributed by atoms with Crippen LogP contribution >= 0.6 is 0 Å². The molecule has 3 amide bonds. The van der Waals surface area contributed by atoms with Gasteiger partial charge in [0.2, 0.25) is 5.91 Å². The van der Waals surface area contributed by atoms with Gasteiger partial charge in [-0.25, -0.2) is 9.59 Å². The summed E-state index contributed by atoms with van der Waals surface area (Å²) < 4.78 is 9.91. The van der Waals surface area contributed by atoms with Crippen molar-refractivity contribution in [1.29, 1.82) is 0 Å². The molecule has 1 unspecified atom stereocenters. The van der Waals surface area contributed by atoms with Gasteiger partial charge in [-0.05, 0) is 26.7 Å². The highest BCUT2D eigenvalue weighted by Gasteiger charge is 2.32. The van der Waals surface area contributed by atoms with E-state index in [0.717, 1.165) is 0 Å². The van der Waals surface area contributed by atoms with Crippen LogP contribution in [0.4, 0.5) is 9.59 Å². The van der Waals surface area contributed by atoms with Crippen molar-refractivity contribution in [2.75, 3.05) is 33.3 Å². The molecular formula is C16H29N3O5. The number of nitrogens with zero attached hydrogens (tertiary/aromatic N) is 2. The lowest BCUT2D eigenvalue weighted by Crippen LogP contribution is -2.57.